The van der Waals surface area contributed by atoms with Gasteiger partial charge in [0.2, 0.25) is 16.9 Å². The largest absolute Gasteiger partial charge is 0.344 e. The number of hydrogen-bond donors (Lipinski definition) is 2. The van der Waals surface area contributed by atoms with Gasteiger partial charge in [0.1, 0.15) is 11.0 Å². The smallest absolute Gasteiger partial charge is 0.249 e. The average Bonchev–Trinajstić information content (AvgIpc) is 3.01. The van der Waals surface area contributed by atoms with Crippen molar-refractivity contribution in [3.8, 4) is 10.6 Å². The van der Waals surface area contributed by atoms with Gasteiger partial charge in [-0.1, -0.05) is 61.9 Å². The molecule has 0 spiro atoms. The molecule has 0 aliphatic heterocycles. The van der Waals surface area contributed by atoms with Crippen molar-refractivity contribution >= 4 is 28.3 Å². The van der Waals surface area contributed by atoms with Crippen molar-refractivity contribution in [1.29, 1.82) is 0 Å². The Kier molecular flexibility index (Phi) is 5.81. The van der Waals surface area contributed by atoms with Crippen molar-refractivity contribution in [2.75, 3.05) is 5.32 Å². The van der Waals surface area contributed by atoms with Crippen LogP contribution < -0.4 is 10.6 Å². The van der Waals surface area contributed by atoms with E-state index in [1.807, 2.05) is 44.2 Å². The van der Waals surface area contributed by atoms with E-state index in [4.69, 9.17) is 0 Å². The molecular formula is C16H20N4O2S. The number of nitrogens with one attached hydrogen (secondary N) is 2. The summed E-state index contributed by atoms with van der Waals surface area (Å²) in [6.07, 6.45) is 0.781. The zero-order valence-electron chi connectivity index (χ0n) is 13.4. The summed E-state index contributed by atoms with van der Waals surface area (Å²) < 4.78 is 0. The van der Waals surface area contributed by atoms with Crippen LogP contribution in [0.1, 0.15) is 27.2 Å². The molecule has 1 aromatic heterocycles. The molecule has 122 valence electrons. The van der Waals surface area contributed by atoms with Crippen LogP contribution in [0.2, 0.25) is 0 Å². The zero-order valence-corrected chi connectivity index (χ0v) is 14.2. The molecule has 0 fully saturated rings. The van der Waals surface area contributed by atoms with Crippen molar-refractivity contribution < 1.29 is 9.59 Å². The molecule has 0 aliphatic carbocycles. The van der Waals surface area contributed by atoms with E-state index in [0.717, 1.165) is 17.0 Å². The summed E-state index contributed by atoms with van der Waals surface area (Å²) in [6, 6.07) is 9.06. The zero-order chi connectivity index (χ0) is 16.8. The van der Waals surface area contributed by atoms with Crippen molar-refractivity contribution in [3.05, 3.63) is 30.3 Å². The highest BCUT2D eigenvalue weighted by atomic mass is 32.1. The first-order valence-electron chi connectivity index (χ1n) is 7.48. The fourth-order valence-corrected chi connectivity index (χ4v) is 2.83. The summed E-state index contributed by atoms with van der Waals surface area (Å²) in [5, 5.41) is 14.7. The van der Waals surface area contributed by atoms with Gasteiger partial charge in [0, 0.05) is 12.5 Å². The van der Waals surface area contributed by atoms with Crippen molar-refractivity contribution in [1.82, 2.24) is 15.5 Å². The Balaban J connectivity index is 2.10. The molecule has 0 bridgehead atoms. The Labute approximate surface area is 139 Å². The van der Waals surface area contributed by atoms with Gasteiger partial charge in [-0.3, -0.25) is 14.9 Å². The van der Waals surface area contributed by atoms with E-state index in [9.17, 15) is 9.59 Å². The molecular weight excluding hydrogens is 312 g/mol. The lowest BCUT2D eigenvalue weighted by Crippen LogP contribution is -2.46. The lowest BCUT2D eigenvalue weighted by molar-refractivity contribution is -0.126. The molecule has 6 nitrogen and oxygen atoms in total. The van der Waals surface area contributed by atoms with Gasteiger partial charge in [0.05, 0.1) is 0 Å². The minimum Gasteiger partial charge on any atom is -0.344 e. The maximum Gasteiger partial charge on any atom is 0.249 e. The fraction of sp³-hybridized carbons (Fsp3) is 0.375. The maximum absolute atomic E-state index is 12.4. The highest BCUT2D eigenvalue weighted by Gasteiger charge is 2.25. The van der Waals surface area contributed by atoms with Crippen LogP contribution in [0, 0.1) is 5.92 Å². The van der Waals surface area contributed by atoms with E-state index in [-0.39, 0.29) is 17.7 Å². The summed E-state index contributed by atoms with van der Waals surface area (Å²) in [7, 11) is 0. The van der Waals surface area contributed by atoms with E-state index in [1.54, 1.807) is 0 Å². The Morgan fingerprint density at radius 3 is 2.52 bits per heavy atom. The van der Waals surface area contributed by atoms with Crippen LogP contribution in [0.25, 0.3) is 10.6 Å². The predicted molar refractivity (Wildman–Crippen MR) is 91.0 cm³/mol. The minimum atomic E-state index is -0.582. The summed E-state index contributed by atoms with van der Waals surface area (Å²) in [5.41, 5.74) is 0.950. The van der Waals surface area contributed by atoms with Crippen molar-refractivity contribution in [2.24, 2.45) is 5.92 Å². The van der Waals surface area contributed by atoms with Crippen LogP contribution in [-0.2, 0) is 9.59 Å². The third-order valence-electron chi connectivity index (χ3n) is 3.53. The molecule has 2 amide bonds. The van der Waals surface area contributed by atoms with E-state index in [2.05, 4.69) is 20.8 Å². The van der Waals surface area contributed by atoms with Crippen LogP contribution >= 0.6 is 11.3 Å². The van der Waals surface area contributed by atoms with Crippen molar-refractivity contribution in [3.63, 3.8) is 0 Å². The first kappa shape index (κ1) is 17.1. The van der Waals surface area contributed by atoms with Gasteiger partial charge < -0.3 is 5.32 Å². The Bertz CT molecular complexity index is 672. The van der Waals surface area contributed by atoms with Crippen LogP contribution in [0.3, 0.4) is 0 Å². The first-order chi connectivity index (χ1) is 11.0. The number of carbonyl (C=O) groups excluding carboxylic acids is 2. The minimum absolute atomic E-state index is 0.0282. The van der Waals surface area contributed by atoms with E-state index < -0.39 is 6.04 Å². The molecule has 2 unspecified atom stereocenters. The van der Waals surface area contributed by atoms with Gasteiger partial charge in [-0.15, -0.1) is 10.2 Å². The molecule has 0 saturated heterocycles. The quantitative estimate of drug-likeness (QED) is 0.852. The van der Waals surface area contributed by atoms with Crippen LogP contribution in [0.15, 0.2) is 30.3 Å². The highest BCUT2D eigenvalue weighted by Crippen LogP contribution is 2.26. The van der Waals surface area contributed by atoms with Gasteiger partial charge in [0.25, 0.3) is 0 Å². The number of carbonyl (C=O) groups is 2. The summed E-state index contributed by atoms with van der Waals surface area (Å²) in [4.78, 5) is 23.7. The van der Waals surface area contributed by atoms with Gasteiger partial charge >= 0.3 is 0 Å². The lowest BCUT2D eigenvalue weighted by atomic mass is 9.98. The van der Waals surface area contributed by atoms with Gasteiger partial charge in [0.15, 0.2) is 0 Å². The number of rotatable bonds is 6. The Morgan fingerprint density at radius 1 is 1.22 bits per heavy atom. The molecule has 2 rings (SSSR count). The molecule has 23 heavy (non-hydrogen) atoms. The molecule has 2 aromatic rings. The van der Waals surface area contributed by atoms with Crippen LogP contribution in [0.4, 0.5) is 5.13 Å². The second kappa shape index (κ2) is 7.82. The number of hydrogen-bond acceptors (Lipinski definition) is 5. The second-order valence-electron chi connectivity index (χ2n) is 5.33. The van der Waals surface area contributed by atoms with E-state index in [1.165, 1.54) is 18.3 Å². The second-order valence-corrected chi connectivity index (χ2v) is 6.31. The van der Waals surface area contributed by atoms with Gasteiger partial charge in [-0.05, 0) is 5.92 Å². The molecule has 1 heterocycles. The molecule has 0 aliphatic rings. The average molecular weight is 332 g/mol. The summed E-state index contributed by atoms with van der Waals surface area (Å²) in [5.74, 6) is -0.474. The molecule has 2 atom stereocenters. The normalized spacial score (nSPS) is 13.2. The van der Waals surface area contributed by atoms with E-state index in [0.29, 0.717) is 5.13 Å². The first-order valence-corrected chi connectivity index (χ1v) is 8.29. The number of amides is 2. The van der Waals surface area contributed by atoms with Crippen LogP contribution in [-0.4, -0.2) is 28.1 Å². The predicted octanol–water partition coefficient (Wildman–Crippen LogP) is 2.69. The summed E-state index contributed by atoms with van der Waals surface area (Å²) >= 11 is 1.30. The summed E-state index contributed by atoms with van der Waals surface area (Å²) in [6.45, 7) is 5.31. The molecule has 1 aromatic carbocycles. The third-order valence-corrected chi connectivity index (χ3v) is 4.42. The van der Waals surface area contributed by atoms with E-state index >= 15 is 0 Å². The standard InChI is InChI=1S/C16H20N4O2S/c1-4-10(2)13(17-11(3)21)14(22)18-16-20-19-15(23-16)12-8-6-5-7-9-12/h5-10,13H,4H2,1-3H3,(H,17,21)(H,18,20,22). The SMILES string of the molecule is CCC(C)C(NC(C)=O)C(=O)Nc1nnc(-c2ccccc2)s1. The third kappa shape index (κ3) is 4.59. The molecule has 2 N–H and O–H groups in total. The van der Waals surface area contributed by atoms with Gasteiger partial charge in [-0.25, -0.2) is 0 Å². The topological polar surface area (TPSA) is 84.0 Å². The number of benzene rings is 1. The van der Waals surface area contributed by atoms with Gasteiger partial charge in [-0.2, -0.15) is 0 Å². The molecule has 7 heteroatoms. The Hall–Kier alpha value is -2.28. The molecule has 0 radical (unpaired) electrons. The Morgan fingerprint density at radius 2 is 1.91 bits per heavy atom. The number of anilines is 1. The van der Waals surface area contributed by atoms with Crippen LogP contribution in [0.5, 0.6) is 0 Å². The lowest BCUT2D eigenvalue weighted by Gasteiger charge is -2.22. The fourth-order valence-electron chi connectivity index (χ4n) is 2.08. The highest BCUT2D eigenvalue weighted by molar-refractivity contribution is 7.18. The molecule has 0 saturated carbocycles. The maximum atomic E-state index is 12.4. The monoisotopic (exact) mass is 332 g/mol. The van der Waals surface area contributed by atoms with Crippen molar-refractivity contribution in [2.45, 2.75) is 33.2 Å². The number of nitrogens with zero attached hydrogens (tertiary/aromatic N) is 2. The number of aromatic nitrogens is 2.